The van der Waals surface area contributed by atoms with Gasteiger partial charge in [-0.05, 0) is 20.8 Å². The quantitative estimate of drug-likeness (QED) is 0.239. The summed E-state index contributed by atoms with van der Waals surface area (Å²) in [5.41, 5.74) is -0.503. The fourth-order valence-electron chi connectivity index (χ4n) is 1.68. The maximum atomic E-state index is 11.7. The molecule has 0 heterocycles. The van der Waals surface area contributed by atoms with Crippen LogP contribution in [-0.4, -0.2) is 97.5 Å². The number of halogens is 1. The minimum absolute atomic E-state index is 0.0805. The highest BCUT2D eigenvalue weighted by Crippen LogP contribution is 2.06. The molecule has 0 radical (unpaired) electrons. The van der Waals surface area contributed by atoms with Gasteiger partial charge in [0.1, 0.15) is 18.9 Å². The Labute approximate surface area is 161 Å². The molecule has 27 heavy (non-hydrogen) atoms. The third-order valence-electron chi connectivity index (χ3n) is 2.72. The predicted octanol–water partition coefficient (Wildman–Crippen LogP) is 1.40. The van der Waals surface area contributed by atoms with Crippen LogP contribution in [0.15, 0.2) is 0 Å². The number of rotatable bonds is 19. The van der Waals surface area contributed by atoms with Gasteiger partial charge in [-0.3, -0.25) is 0 Å². The standard InChI is InChI=1S/C18H35FO8/c1-18(2,3)27-17(20)16-26-15-14-25-13-12-24-11-10-23-9-8-22-7-6-21-5-4-19/h4-16H2,1-3H3. The van der Waals surface area contributed by atoms with E-state index in [9.17, 15) is 9.18 Å². The first-order chi connectivity index (χ1) is 13.0. The van der Waals surface area contributed by atoms with Crippen molar-refractivity contribution in [1.82, 2.24) is 0 Å². The van der Waals surface area contributed by atoms with E-state index in [1.165, 1.54) is 0 Å². The second-order valence-electron chi connectivity index (χ2n) is 6.39. The molecule has 0 aromatic carbocycles. The van der Waals surface area contributed by atoms with Gasteiger partial charge in [0.15, 0.2) is 0 Å². The van der Waals surface area contributed by atoms with Gasteiger partial charge < -0.3 is 33.2 Å². The van der Waals surface area contributed by atoms with Crippen molar-refractivity contribution < 1.29 is 42.3 Å². The fraction of sp³-hybridized carbons (Fsp3) is 0.944. The summed E-state index contributed by atoms with van der Waals surface area (Å²) in [6.45, 7) is 9.27. The van der Waals surface area contributed by atoms with Gasteiger partial charge in [0.25, 0.3) is 0 Å². The topological polar surface area (TPSA) is 81.7 Å². The van der Waals surface area contributed by atoms with E-state index in [0.29, 0.717) is 66.1 Å². The van der Waals surface area contributed by atoms with Crippen LogP contribution in [-0.2, 0) is 38.0 Å². The van der Waals surface area contributed by atoms with Gasteiger partial charge in [-0.25, -0.2) is 9.18 Å². The summed E-state index contributed by atoms with van der Waals surface area (Å²) in [5.74, 6) is -0.388. The van der Waals surface area contributed by atoms with Gasteiger partial charge in [-0.1, -0.05) is 0 Å². The normalized spacial score (nSPS) is 11.7. The maximum absolute atomic E-state index is 11.7. The smallest absolute Gasteiger partial charge is 0.332 e. The minimum atomic E-state index is -0.503. The van der Waals surface area contributed by atoms with Gasteiger partial charge in [-0.2, -0.15) is 0 Å². The first kappa shape index (κ1) is 26.2. The molecular formula is C18H35FO8. The van der Waals surface area contributed by atoms with Crippen molar-refractivity contribution in [3.05, 3.63) is 0 Å². The molecular weight excluding hydrogens is 363 g/mol. The van der Waals surface area contributed by atoms with E-state index in [1.54, 1.807) is 20.8 Å². The number of carbonyl (C=O) groups is 1. The SMILES string of the molecule is CC(C)(C)OC(=O)COCCOCCOCCOCCOCCOCCF. The Balaban J connectivity index is 3.12. The van der Waals surface area contributed by atoms with Crippen molar-refractivity contribution in [2.24, 2.45) is 0 Å². The van der Waals surface area contributed by atoms with Crippen molar-refractivity contribution in [2.45, 2.75) is 26.4 Å². The summed E-state index contributed by atoms with van der Waals surface area (Å²) >= 11 is 0. The van der Waals surface area contributed by atoms with E-state index >= 15 is 0 Å². The van der Waals surface area contributed by atoms with Gasteiger partial charge in [0.05, 0.1) is 72.7 Å². The number of alkyl halides is 1. The molecule has 0 amide bonds. The molecule has 0 rings (SSSR count). The molecule has 162 valence electrons. The lowest BCUT2D eigenvalue weighted by atomic mass is 10.2. The van der Waals surface area contributed by atoms with E-state index in [0.717, 1.165) is 0 Å². The van der Waals surface area contributed by atoms with Crippen LogP contribution in [0.2, 0.25) is 0 Å². The minimum Gasteiger partial charge on any atom is -0.458 e. The van der Waals surface area contributed by atoms with Crippen LogP contribution >= 0.6 is 0 Å². The molecule has 0 N–H and O–H groups in total. The lowest BCUT2D eigenvalue weighted by Gasteiger charge is -2.19. The summed E-state index contributed by atoms with van der Waals surface area (Å²) in [4.78, 5) is 11.4. The molecule has 0 aromatic heterocycles. The largest absolute Gasteiger partial charge is 0.458 e. The predicted molar refractivity (Wildman–Crippen MR) is 96.7 cm³/mol. The number of ether oxygens (including phenoxy) is 7. The highest BCUT2D eigenvalue weighted by molar-refractivity contribution is 5.71. The molecule has 0 aliphatic rings. The molecule has 0 saturated heterocycles. The van der Waals surface area contributed by atoms with Crippen LogP contribution in [0, 0.1) is 0 Å². The van der Waals surface area contributed by atoms with Crippen molar-refractivity contribution in [1.29, 1.82) is 0 Å². The van der Waals surface area contributed by atoms with Crippen LogP contribution in [0.4, 0.5) is 4.39 Å². The first-order valence-electron chi connectivity index (χ1n) is 9.20. The lowest BCUT2D eigenvalue weighted by molar-refractivity contribution is -0.160. The Kier molecular flexibility index (Phi) is 17.9. The number of hydrogen-bond acceptors (Lipinski definition) is 8. The highest BCUT2D eigenvalue weighted by atomic mass is 19.1. The second kappa shape index (κ2) is 18.5. The summed E-state index contributed by atoms with van der Waals surface area (Å²) < 4.78 is 48.2. The average Bonchev–Trinajstić information content (AvgIpc) is 2.59. The zero-order valence-electron chi connectivity index (χ0n) is 16.8. The van der Waals surface area contributed by atoms with Gasteiger partial charge in [-0.15, -0.1) is 0 Å². The summed E-state index contributed by atoms with van der Waals surface area (Å²) in [5, 5.41) is 0. The number of hydrogen-bond donors (Lipinski definition) is 0. The zero-order chi connectivity index (χ0) is 20.2. The number of esters is 1. The monoisotopic (exact) mass is 398 g/mol. The molecule has 0 saturated carbocycles. The van der Waals surface area contributed by atoms with Crippen LogP contribution in [0.25, 0.3) is 0 Å². The van der Waals surface area contributed by atoms with Crippen LogP contribution in [0.3, 0.4) is 0 Å². The Morgan fingerprint density at radius 2 is 0.963 bits per heavy atom. The summed E-state index contributed by atoms with van der Waals surface area (Å²) in [6, 6.07) is 0. The first-order valence-corrected chi connectivity index (χ1v) is 9.20. The van der Waals surface area contributed by atoms with Crippen molar-refractivity contribution in [2.75, 3.05) is 86.0 Å². The maximum Gasteiger partial charge on any atom is 0.332 e. The van der Waals surface area contributed by atoms with E-state index in [2.05, 4.69) is 0 Å². The molecule has 9 heteroatoms. The highest BCUT2D eigenvalue weighted by Gasteiger charge is 2.15. The van der Waals surface area contributed by atoms with E-state index < -0.39 is 12.3 Å². The van der Waals surface area contributed by atoms with E-state index in [-0.39, 0.29) is 19.2 Å². The van der Waals surface area contributed by atoms with Crippen molar-refractivity contribution in [3.63, 3.8) is 0 Å². The molecule has 0 atom stereocenters. The van der Waals surface area contributed by atoms with Gasteiger partial charge in [0.2, 0.25) is 0 Å². The fourth-order valence-corrected chi connectivity index (χ4v) is 1.68. The second-order valence-corrected chi connectivity index (χ2v) is 6.39. The van der Waals surface area contributed by atoms with Gasteiger partial charge >= 0.3 is 5.97 Å². The van der Waals surface area contributed by atoms with Crippen LogP contribution in [0.1, 0.15) is 20.8 Å². The molecule has 0 aromatic rings. The lowest BCUT2D eigenvalue weighted by Crippen LogP contribution is -2.27. The third-order valence-corrected chi connectivity index (χ3v) is 2.72. The molecule has 0 spiro atoms. The number of carbonyl (C=O) groups excluding carboxylic acids is 1. The Morgan fingerprint density at radius 1 is 0.630 bits per heavy atom. The summed E-state index contributed by atoms with van der Waals surface area (Å²) in [7, 11) is 0. The molecule has 0 fully saturated rings. The molecule has 0 aliphatic carbocycles. The average molecular weight is 398 g/mol. The van der Waals surface area contributed by atoms with Crippen LogP contribution in [0.5, 0.6) is 0 Å². The van der Waals surface area contributed by atoms with E-state index in [4.69, 9.17) is 33.2 Å². The molecule has 0 aliphatic heterocycles. The summed E-state index contributed by atoms with van der Waals surface area (Å²) in [6.07, 6.45) is 0. The zero-order valence-corrected chi connectivity index (χ0v) is 16.8. The molecule has 0 unspecified atom stereocenters. The Hall–Kier alpha value is -0.840. The Morgan fingerprint density at radius 3 is 1.30 bits per heavy atom. The molecule has 8 nitrogen and oxygen atoms in total. The van der Waals surface area contributed by atoms with Gasteiger partial charge in [0, 0.05) is 0 Å². The van der Waals surface area contributed by atoms with Crippen molar-refractivity contribution in [3.8, 4) is 0 Å². The van der Waals surface area contributed by atoms with Crippen molar-refractivity contribution >= 4 is 5.97 Å². The Bertz CT molecular complexity index is 336. The third kappa shape index (κ3) is 23.1. The molecule has 0 bridgehead atoms. The van der Waals surface area contributed by atoms with E-state index in [1.807, 2.05) is 0 Å². The van der Waals surface area contributed by atoms with Crippen LogP contribution < -0.4 is 0 Å².